The first-order valence-electron chi connectivity index (χ1n) is 9.60. The van der Waals surface area contributed by atoms with Crippen molar-refractivity contribution in [3.8, 4) is 0 Å². The minimum absolute atomic E-state index is 0.110. The smallest absolute Gasteiger partial charge is 0.253 e. The molecular formula is C22H24BrFN2O2. The summed E-state index contributed by atoms with van der Waals surface area (Å²) in [6.07, 6.45) is 3.36. The number of amides is 2. The summed E-state index contributed by atoms with van der Waals surface area (Å²) in [6, 6.07) is 13.9. The van der Waals surface area contributed by atoms with Gasteiger partial charge >= 0.3 is 0 Å². The van der Waals surface area contributed by atoms with Crippen LogP contribution in [0.1, 0.15) is 35.2 Å². The quantitative estimate of drug-likeness (QED) is 0.621. The molecule has 2 aromatic rings. The number of aryl methyl sites for hydroxylation is 1. The minimum atomic E-state index is -0.355. The Hall–Kier alpha value is -2.21. The first-order valence-corrected chi connectivity index (χ1v) is 10.4. The maximum Gasteiger partial charge on any atom is 0.253 e. The van der Waals surface area contributed by atoms with E-state index in [4.69, 9.17) is 0 Å². The van der Waals surface area contributed by atoms with Gasteiger partial charge in [0, 0.05) is 42.6 Å². The van der Waals surface area contributed by atoms with E-state index in [0.717, 1.165) is 23.7 Å². The first kappa shape index (κ1) is 20.5. The molecule has 6 heteroatoms. The fraction of sp³-hybridized carbons (Fsp3) is 0.364. The molecule has 2 aromatic carbocycles. The molecule has 0 N–H and O–H groups in total. The lowest BCUT2D eigenvalue weighted by molar-refractivity contribution is -0.132. The Labute approximate surface area is 173 Å². The molecular weight excluding hydrogens is 423 g/mol. The van der Waals surface area contributed by atoms with Crippen molar-refractivity contribution in [2.24, 2.45) is 0 Å². The fourth-order valence-electron chi connectivity index (χ4n) is 3.35. The van der Waals surface area contributed by atoms with Crippen molar-refractivity contribution >= 4 is 27.7 Å². The zero-order valence-electron chi connectivity index (χ0n) is 15.7. The summed E-state index contributed by atoms with van der Waals surface area (Å²) in [4.78, 5) is 28.4. The SMILES string of the molecule is O=C(CCCCc1ccc(Br)cc1)N1CCN(C(=O)c2ccc(F)cc2)CC1. The van der Waals surface area contributed by atoms with Crippen molar-refractivity contribution in [3.63, 3.8) is 0 Å². The van der Waals surface area contributed by atoms with E-state index in [0.29, 0.717) is 38.2 Å². The average Bonchev–Trinajstić information content (AvgIpc) is 2.72. The van der Waals surface area contributed by atoms with Gasteiger partial charge in [-0.05, 0) is 61.2 Å². The number of piperazine rings is 1. The molecule has 0 aromatic heterocycles. The van der Waals surface area contributed by atoms with E-state index in [1.54, 1.807) is 4.90 Å². The van der Waals surface area contributed by atoms with Crippen LogP contribution >= 0.6 is 15.9 Å². The second-order valence-corrected chi connectivity index (χ2v) is 7.93. The summed E-state index contributed by atoms with van der Waals surface area (Å²) in [7, 11) is 0. The summed E-state index contributed by atoms with van der Waals surface area (Å²) in [6.45, 7) is 2.14. The topological polar surface area (TPSA) is 40.6 Å². The van der Waals surface area contributed by atoms with Crippen molar-refractivity contribution in [2.45, 2.75) is 25.7 Å². The Bertz CT molecular complexity index is 800. The van der Waals surface area contributed by atoms with Crippen molar-refractivity contribution < 1.29 is 14.0 Å². The van der Waals surface area contributed by atoms with E-state index in [2.05, 4.69) is 28.1 Å². The summed E-state index contributed by atoms with van der Waals surface area (Å²) < 4.78 is 14.1. The zero-order chi connectivity index (χ0) is 19.9. The van der Waals surface area contributed by atoms with Crippen LogP contribution in [0.15, 0.2) is 53.0 Å². The van der Waals surface area contributed by atoms with Crippen LogP contribution in [-0.4, -0.2) is 47.8 Å². The van der Waals surface area contributed by atoms with Gasteiger partial charge in [0.2, 0.25) is 5.91 Å². The van der Waals surface area contributed by atoms with Crippen molar-refractivity contribution in [3.05, 3.63) is 69.9 Å². The van der Waals surface area contributed by atoms with E-state index in [1.807, 2.05) is 17.0 Å². The number of unbranched alkanes of at least 4 members (excludes halogenated alkanes) is 1. The minimum Gasteiger partial charge on any atom is -0.339 e. The Kier molecular flexibility index (Phi) is 7.20. The fourth-order valence-corrected chi connectivity index (χ4v) is 3.61. The second kappa shape index (κ2) is 9.82. The Balaban J connectivity index is 1.38. The van der Waals surface area contributed by atoms with Gasteiger partial charge in [-0.3, -0.25) is 9.59 Å². The summed E-state index contributed by atoms with van der Waals surface area (Å²) >= 11 is 3.43. The van der Waals surface area contributed by atoms with Gasteiger partial charge in [0.15, 0.2) is 0 Å². The van der Waals surface area contributed by atoms with Crippen LogP contribution in [0, 0.1) is 5.82 Å². The lowest BCUT2D eigenvalue weighted by Crippen LogP contribution is -2.50. The van der Waals surface area contributed by atoms with Crippen LogP contribution in [0.2, 0.25) is 0 Å². The van der Waals surface area contributed by atoms with Crippen LogP contribution < -0.4 is 0 Å². The number of benzene rings is 2. The summed E-state index contributed by atoms with van der Waals surface area (Å²) in [5.74, 6) is -0.307. The van der Waals surface area contributed by atoms with Gasteiger partial charge in [0.1, 0.15) is 5.82 Å². The van der Waals surface area contributed by atoms with E-state index in [9.17, 15) is 14.0 Å². The summed E-state index contributed by atoms with van der Waals surface area (Å²) in [5.41, 5.74) is 1.76. The largest absolute Gasteiger partial charge is 0.339 e. The molecule has 0 radical (unpaired) electrons. The van der Waals surface area contributed by atoms with Crippen LogP contribution in [-0.2, 0) is 11.2 Å². The molecule has 0 saturated carbocycles. The van der Waals surface area contributed by atoms with Crippen molar-refractivity contribution in [1.29, 1.82) is 0 Å². The van der Waals surface area contributed by atoms with Gasteiger partial charge in [-0.2, -0.15) is 0 Å². The number of hydrogen-bond acceptors (Lipinski definition) is 2. The number of halogens is 2. The number of carbonyl (C=O) groups excluding carboxylic acids is 2. The second-order valence-electron chi connectivity index (χ2n) is 7.01. The van der Waals surface area contributed by atoms with E-state index >= 15 is 0 Å². The number of nitrogens with zero attached hydrogens (tertiary/aromatic N) is 2. The number of rotatable bonds is 6. The summed E-state index contributed by atoms with van der Waals surface area (Å²) in [5, 5.41) is 0. The standard InChI is InChI=1S/C22H24BrFN2O2/c23-19-9-5-17(6-10-19)3-1-2-4-21(27)25-13-15-26(16-14-25)22(28)18-7-11-20(24)12-8-18/h5-12H,1-4,13-16H2. The predicted octanol–water partition coefficient (Wildman–Crippen LogP) is 4.29. The number of carbonyl (C=O) groups is 2. The molecule has 2 amide bonds. The molecule has 1 fully saturated rings. The monoisotopic (exact) mass is 446 g/mol. The van der Waals surface area contributed by atoms with Crippen LogP contribution in [0.25, 0.3) is 0 Å². The van der Waals surface area contributed by atoms with Crippen molar-refractivity contribution in [1.82, 2.24) is 9.80 Å². The molecule has 0 spiro atoms. The normalized spacial score (nSPS) is 14.2. The molecule has 0 unspecified atom stereocenters. The van der Waals surface area contributed by atoms with Crippen LogP contribution in [0.5, 0.6) is 0 Å². The third-order valence-corrected chi connectivity index (χ3v) is 5.56. The highest BCUT2D eigenvalue weighted by Gasteiger charge is 2.24. The first-order chi connectivity index (χ1) is 13.5. The van der Waals surface area contributed by atoms with Gasteiger partial charge in [-0.25, -0.2) is 4.39 Å². The van der Waals surface area contributed by atoms with Crippen molar-refractivity contribution in [2.75, 3.05) is 26.2 Å². The predicted molar refractivity (Wildman–Crippen MR) is 111 cm³/mol. The van der Waals surface area contributed by atoms with Crippen LogP contribution in [0.4, 0.5) is 4.39 Å². The molecule has 4 nitrogen and oxygen atoms in total. The Morgan fingerprint density at radius 2 is 1.46 bits per heavy atom. The lowest BCUT2D eigenvalue weighted by atomic mass is 10.1. The lowest BCUT2D eigenvalue weighted by Gasteiger charge is -2.35. The van der Waals surface area contributed by atoms with Gasteiger partial charge in [-0.1, -0.05) is 28.1 Å². The Morgan fingerprint density at radius 1 is 0.857 bits per heavy atom. The average molecular weight is 447 g/mol. The highest BCUT2D eigenvalue weighted by atomic mass is 79.9. The van der Waals surface area contributed by atoms with Gasteiger partial charge in [0.05, 0.1) is 0 Å². The Morgan fingerprint density at radius 3 is 2.11 bits per heavy atom. The van der Waals surface area contributed by atoms with E-state index in [-0.39, 0.29) is 17.6 Å². The van der Waals surface area contributed by atoms with E-state index < -0.39 is 0 Å². The molecule has 1 heterocycles. The van der Waals surface area contributed by atoms with Gasteiger partial charge < -0.3 is 9.80 Å². The molecule has 148 valence electrons. The van der Waals surface area contributed by atoms with Gasteiger partial charge in [0.25, 0.3) is 5.91 Å². The molecule has 1 aliphatic heterocycles. The molecule has 0 bridgehead atoms. The highest BCUT2D eigenvalue weighted by Crippen LogP contribution is 2.14. The number of hydrogen-bond donors (Lipinski definition) is 0. The van der Waals surface area contributed by atoms with Gasteiger partial charge in [-0.15, -0.1) is 0 Å². The highest BCUT2D eigenvalue weighted by molar-refractivity contribution is 9.10. The molecule has 0 aliphatic carbocycles. The molecule has 3 rings (SSSR count). The molecule has 1 saturated heterocycles. The molecule has 0 atom stereocenters. The van der Waals surface area contributed by atoms with E-state index in [1.165, 1.54) is 29.8 Å². The zero-order valence-corrected chi connectivity index (χ0v) is 17.3. The molecule has 1 aliphatic rings. The maximum atomic E-state index is 13.0. The third-order valence-electron chi connectivity index (χ3n) is 5.03. The van der Waals surface area contributed by atoms with Crippen LogP contribution in [0.3, 0.4) is 0 Å². The maximum absolute atomic E-state index is 13.0. The molecule has 28 heavy (non-hydrogen) atoms. The third kappa shape index (κ3) is 5.64.